The number of rotatable bonds is 6. The van der Waals surface area contributed by atoms with Crippen LogP contribution in [0.4, 0.5) is 11.4 Å². The van der Waals surface area contributed by atoms with Gasteiger partial charge >= 0.3 is 0 Å². The molecule has 0 bridgehead atoms. The molecule has 0 radical (unpaired) electrons. The number of amides is 1. The Morgan fingerprint density at radius 2 is 1.93 bits per heavy atom. The van der Waals surface area contributed by atoms with Gasteiger partial charge in [0.2, 0.25) is 5.91 Å². The first-order valence-electron chi connectivity index (χ1n) is 8.48. The minimum atomic E-state index is -0.471. The molecule has 1 amide bonds. The average Bonchev–Trinajstić information content (AvgIpc) is 3.13. The molecule has 0 aliphatic rings. The van der Waals surface area contributed by atoms with Gasteiger partial charge in [-0.05, 0) is 37.6 Å². The summed E-state index contributed by atoms with van der Waals surface area (Å²) < 4.78 is 1.86. The number of nitro benzene ring substituents is 1. The Morgan fingerprint density at radius 3 is 2.57 bits per heavy atom. The molecule has 0 unspecified atom stereocenters. The number of nitro groups is 1. The Hall–Kier alpha value is -3.20. The van der Waals surface area contributed by atoms with Crippen LogP contribution >= 0.6 is 11.8 Å². The van der Waals surface area contributed by atoms with Gasteiger partial charge in [0.25, 0.3) is 5.69 Å². The summed E-state index contributed by atoms with van der Waals surface area (Å²) in [5.41, 5.74) is 3.81. The van der Waals surface area contributed by atoms with Crippen molar-refractivity contribution in [3.63, 3.8) is 0 Å². The first-order chi connectivity index (χ1) is 13.4. The summed E-state index contributed by atoms with van der Waals surface area (Å²) in [4.78, 5) is 24.3. The van der Waals surface area contributed by atoms with E-state index in [0.29, 0.717) is 10.8 Å². The first kappa shape index (κ1) is 19.6. The summed E-state index contributed by atoms with van der Waals surface area (Å²) in [7, 11) is 1.64. The zero-order valence-electron chi connectivity index (χ0n) is 15.7. The summed E-state index contributed by atoms with van der Waals surface area (Å²) in [5, 5.41) is 19.5. The zero-order chi connectivity index (χ0) is 20.3. The molecule has 1 aromatic heterocycles. The molecule has 144 valence electrons. The molecular weight excluding hydrogens is 378 g/mol. The molecule has 0 N–H and O–H groups in total. The Morgan fingerprint density at radius 1 is 1.21 bits per heavy atom. The molecule has 28 heavy (non-hydrogen) atoms. The van der Waals surface area contributed by atoms with E-state index < -0.39 is 4.92 Å². The summed E-state index contributed by atoms with van der Waals surface area (Å²) in [6.07, 6.45) is 1.63. The smallest absolute Gasteiger partial charge is 0.269 e. The molecule has 0 aliphatic heterocycles. The van der Waals surface area contributed by atoms with Gasteiger partial charge in [0, 0.05) is 24.9 Å². The van der Waals surface area contributed by atoms with Crippen molar-refractivity contribution < 1.29 is 9.72 Å². The van der Waals surface area contributed by atoms with Crippen molar-refractivity contribution >= 4 is 29.0 Å². The third-order valence-electron chi connectivity index (χ3n) is 4.27. The topological polar surface area (TPSA) is 94.2 Å². The number of aryl methyl sites for hydroxylation is 2. The van der Waals surface area contributed by atoms with Crippen molar-refractivity contribution in [2.24, 2.45) is 0 Å². The van der Waals surface area contributed by atoms with Gasteiger partial charge in [0.1, 0.15) is 6.33 Å². The monoisotopic (exact) mass is 397 g/mol. The van der Waals surface area contributed by atoms with Crippen LogP contribution in [-0.4, -0.2) is 38.4 Å². The SMILES string of the molecule is Cc1ccc(-n2cnnc2SCC(=O)N(C)c2ccc([N+](=O)[O-])cc2)c(C)c1. The maximum absolute atomic E-state index is 12.5. The Kier molecular flexibility index (Phi) is 5.74. The van der Waals surface area contributed by atoms with E-state index in [0.717, 1.165) is 11.3 Å². The molecule has 2 aromatic carbocycles. The number of carbonyl (C=O) groups is 1. The Bertz CT molecular complexity index is 1020. The molecule has 1 heterocycles. The molecule has 8 nitrogen and oxygen atoms in total. The lowest BCUT2D eigenvalue weighted by atomic mass is 10.1. The van der Waals surface area contributed by atoms with Crippen molar-refractivity contribution in [1.82, 2.24) is 14.8 Å². The van der Waals surface area contributed by atoms with Gasteiger partial charge in [-0.25, -0.2) is 0 Å². The second kappa shape index (κ2) is 8.22. The quantitative estimate of drug-likeness (QED) is 0.359. The Labute approximate surface area is 166 Å². The zero-order valence-corrected chi connectivity index (χ0v) is 16.5. The fraction of sp³-hybridized carbons (Fsp3) is 0.211. The van der Waals surface area contributed by atoms with E-state index in [1.807, 2.05) is 30.5 Å². The van der Waals surface area contributed by atoms with E-state index in [1.54, 1.807) is 25.5 Å². The van der Waals surface area contributed by atoms with Gasteiger partial charge < -0.3 is 4.90 Å². The van der Waals surface area contributed by atoms with Gasteiger partial charge in [-0.2, -0.15) is 0 Å². The largest absolute Gasteiger partial charge is 0.315 e. The highest BCUT2D eigenvalue weighted by atomic mass is 32.2. The van der Waals surface area contributed by atoms with Crippen LogP contribution in [0.2, 0.25) is 0 Å². The van der Waals surface area contributed by atoms with Crippen molar-refractivity contribution in [1.29, 1.82) is 0 Å². The highest BCUT2D eigenvalue weighted by Crippen LogP contribution is 2.24. The van der Waals surface area contributed by atoms with Gasteiger partial charge in [-0.3, -0.25) is 19.5 Å². The van der Waals surface area contributed by atoms with Crippen molar-refractivity contribution in [3.8, 4) is 5.69 Å². The van der Waals surface area contributed by atoms with Crippen LogP contribution < -0.4 is 4.90 Å². The predicted octanol–water partition coefficient (Wildman–Crippen LogP) is 3.55. The predicted molar refractivity (Wildman–Crippen MR) is 108 cm³/mol. The van der Waals surface area contributed by atoms with Crippen LogP contribution in [0.15, 0.2) is 53.9 Å². The van der Waals surface area contributed by atoms with E-state index in [9.17, 15) is 14.9 Å². The van der Waals surface area contributed by atoms with Crippen LogP contribution in [0, 0.1) is 24.0 Å². The second-order valence-corrected chi connectivity index (χ2v) is 7.23. The molecule has 0 fully saturated rings. The number of aromatic nitrogens is 3. The second-order valence-electron chi connectivity index (χ2n) is 6.29. The number of benzene rings is 2. The number of anilines is 1. The summed E-state index contributed by atoms with van der Waals surface area (Å²) in [5.74, 6) is 0.0194. The van der Waals surface area contributed by atoms with E-state index >= 15 is 0 Å². The third kappa shape index (κ3) is 4.20. The van der Waals surface area contributed by atoms with E-state index in [2.05, 4.69) is 16.3 Å². The standard InChI is InChI=1S/C19H19N5O3S/c1-13-4-9-17(14(2)10-13)23-12-20-21-19(23)28-11-18(25)22(3)15-5-7-16(8-6-15)24(26)27/h4-10,12H,11H2,1-3H3. The molecule has 0 atom stereocenters. The van der Waals surface area contributed by atoms with Crippen LogP contribution in [0.1, 0.15) is 11.1 Å². The van der Waals surface area contributed by atoms with Gasteiger partial charge in [0.05, 0.1) is 16.4 Å². The number of nitrogens with zero attached hydrogens (tertiary/aromatic N) is 5. The lowest BCUT2D eigenvalue weighted by molar-refractivity contribution is -0.384. The molecule has 0 saturated heterocycles. The highest BCUT2D eigenvalue weighted by molar-refractivity contribution is 7.99. The van der Waals surface area contributed by atoms with Crippen LogP contribution in [0.3, 0.4) is 0 Å². The van der Waals surface area contributed by atoms with Crippen LogP contribution in [0.5, 0.6) is 0 Å². The maximum Gasteiger partial charge on any atom is 0.269 e. The van der Waals surface area contributed by atoms with Gasteiger partial charge in [-0.15, -0.1) is 10.2 Å². The number of thioether (sulfide) groups is 1. The average molecular weight is 397 g/mol. The maximum atomic E-state index is 12.5. The van der Waals surface area contributed by atoms with Gasteiger partial charge in [-0.1, -0.05) is 29.5 Å². The molecule has 3 aromatic rings. The summed E-state index contributed by atoms with van der Waals surface area (Å²) >= 11 is 1.29. The molecule has 9 heteroatoms. The fourth-order valence-corrected chi connectivity index (χ4v) is 3.56. The lowest BCUT2D eigenvalue weighted by Crippen LogP contribution is -2.28. The van der Waals surface area contributed by atoms with E-state index in [-0.39, 0.29) is 17.3 Å². The fourth-order valence-electron chi connectivity index (χ4n) is 2.73. The molecular formula is C19H19N5O3S. The number of carbonyl (C=O) groups excluding carboxylic acids is 1. The minimum absolute atomic E-state index is 0.0134. The Balaban J connectivity index is 1.70. The molecule has 0 saturated carbocycles. The number of non-ortho nitro benzene ring substituents is 1. The highest BCUT2D eigenvalue weighted by Gasteiger charge is 2.16. The van der Waals surface area contributed by atoms with Crippen LogP contribution in [0.25, 0.3) is 5.69 Å². The first-order valence-corrected chi connectivity index (χ1v) is 9.47. The van der Waals surface area contributed by atoms with E-state index in [4.69, 9.17) is 0 Å². The molecule has 0 spiro atoms. The van der Waals surface area contributed by atoms with Crippen molar-refractivity contribution in [2.75, 3.05) is 17.7 Å². The van der Waals surface area contributed by atoms with Crippen molar-refractivity contribution in [3.05, 3.63) is 70.0 Å². The number of hydrogen-bond donors (Lipinski definition) is 0. The summed E-state index contributed by atoms with van der Waals surface area (Å²) in [6, 6.07) is 12.0. The third-order valence-corrected chi connectivity index (χ3v) is 5.20. The molecule has 0 aliphatic carbocycles. The number of hydrogen-bond acceptors (Lipinski definition) is 6. The minimum Gasteiger partial charge on any atom is -0.315 e. The van der Waals surface area contributed by atoms with Crippen LogP contribution in [-0.2, 0) is 4.79 Å². The normalized spacial score (nSPS) is 10.7. The van der Waals surface area contributed by atoms with Crippen molar-refractivity contribution in [2.45, 2.75) is 19.0 Å². The summed E-state index contributed by atoms with van der Waals surface area (Å²) in [6.45, 7) is 4.05. The lowest BCUT2D eigenvalue weighted by Gasteiger charge is -2.17. The van der Waals surface area contributed by atoms with Gasteiger partial charge in [0.15, 0.2) is 5.16 Å². The van der Waals surface area contributed by atoms with E-state index in [1.165, 1.54) is 34.4 Å². The molecule has 3 rings (SSSR count).